The summed E-state index contributed by atoms with van der Waals surface area (Å²) < 4.78 is 6.91. The van der Waals surface area contributed by atoms with Crippen LogP contribution in [-0.4, -0.2) is 20.2 Å². The summed E-state index contributed by atoms with van der Waals surface area (Å²) in [6, 6.07) is 0. The molecule has 172 valence electrons. The zero-order chi connectivity index (χ0) is 22.8. The zero-order valence-corrected chi connectivity index (χ0v) is 22.1. The largest absolute Gasteiger partial charge is 0.414 e. The second kappa shape index (κ2) is 12.8. The van der Waals surface area contributed by atoms with Gasteiger partial charge in [0.1, 0.15) is 5.78 Å². The molecule has 30 heavy (non-hydrogen) atoms. The molecular formula is C27H48O2Si. The minimum atomic E-state index is -1.81. The van der Waals surface area contributed by atoms with E-state index in [9.17, 15) is 4.79 Å². The first-order valence-corrected chi connectivity index (χ1v) is 15.2. The molecule has 0 amide bonds. The van der Waals surface area contributed by atoms with E-state index in [1.807, 2.05) is 6.08 Å². The summed E-state index contributed by atoms with van der Waals surface area (Å²) >= 11 is 0. The van der Waals surface area contributed by atoms with Crippen molar-refractivity contribution >= 4 is 14.1 Å². The standard InChI is InChI=1S/C27H48O2Si/c1-9-11-13-14-15-17-24-23(18-20-25(24)28)19-21-26(22(3)16-12-10-2)29-30(7,8)27(4,5)6/h11,14,18,22,24,26H,9-10,12,15-17,19-21H2,1-8H3/t13?,22?,24-,26+/m1/s1. The van der Waals surface area contributed by atoms with Gasteiger partial charge < -0.3 is 4.43 Å². The van der Waals surface area contributed by atoms with Gasteiger partial charge in [-0.05, 0) is 74.7 Å². The fourth-order valence-electron chi connectivity index (χ4n) is 3.92. The van der Waals surface area contributed by atoms with E-state index in [4.69, 9.17) is 4.43 Å². The van der Waals surface area contributed by atoms with Crippen molar-refractivity contribution in [2.45, 2.75) is 124 Å². The highest BCUT2D eigenvalue weighted by atomic mass is 28.4. The molecule has 3 heteroatoms. The van der Waals surface area contributed by atoms with Crippen molar-refractivity contribution < 1.29 is 9.22 Å². The Morgan fingerprint density at radius 3 is 2.53 bits per heavy atom. The number of unbranched alkanes of at least 4 members (excludes halogenated alkanes) is 1. The number of hydrogen-bond acceptors (Lipinski definition) is 2. The summed E-state index contributed by atoms with van der Waals surface area (Å²) in [6.07, 6.45) is 15.9. The molecule has 0 bridgehead atoms. The molecule has 0 aromatic carbocycles. The van der Waals surface area contributed by atoms with Gasteiger partial charge in [-0.1, -0.05) is 66.0 Å². The molecule has 0 aromatic rings. The first-order valence-electron chi connectivity index (χ1n) is 12.3. The topological polar surface area (TPSA) is 26.3 Å². The molecule has 1 unspecified atom stereocenters. The predicted octanol–water partition coefficient (Wildman–Crippen LogP) is 8.40. The van der Waals surface area contributed by atoms with Gasteiger partial charge in [0.05, 0.1) is 0 Å². The summed E-state index contributed by atoms with van der Waals surface area (Å²) in [6.45, 7) is 18.4. The van der Waals surface area contributed by atoms with Gasteiger partial charge in [0, 0.05) is 18.4 Å². The molecule has 0 radical (unpaired) electrons. The Kier molecular flexibility index (Phi) is 11.6. The monoisotopic (exact) mass is 432 g/mol. The summed E-state index contributed by atoms with van der Waals surface area (Å²) in [5.74, 6) is 1.08. The smallest absolute Gasteiger partial charge is 0.192 e. The van der Waals surface area contributed by atoms with E-state index >= 15 is 0 Å². The molecule has 0 spiro atoms. The van der Waals surface area contributed by atoms with Crippen LogP contribution in [0.4, 0.5) is 0 Å². The fourth-order valence-corrected chi connectivity index (χ4v) is 5.38. The zero-order valence-electron chi connectivity index (χ0n) is 21.1. The lowest BCUT2D eigenvalue weighted by Gasteiger charge is -2.41. The SMILES string of the molecule is CCC=C=CCC[C@H]1C(=O)CC=C1CC[C@H](O[Si](C)(C)C(C)(C)C)C(C)CCCC. The van der Waals surface area contributed by atoms with E-state index in [2.05, 4.69) is 72.5 Å². The quantitative estimate of drug-likeness (QED) is 0.166. The average molecular weight is 433 g/mol. The van der Waals surface area contributed by atoms with Crippen molar-refractivity contribution in [2.24, 2.45) is 11.8 Å². The lowest BCUT2D eigenvalue weighted by molar-refractivity contribution is -0.120. The molecule has 1 rings (SSSR count). The third-order valence-electron chi connectivity index (χ3n) is 7.06. The van der Waals surface area contributed by atoms with Gasteiger partial charge in [-0.2, -0.15) is 0 Å². The third-order valence-corrected chi connectivity index (χ3v) is 11.6. The van der Waals surface area contributed by atoms with Crippen LogP contribution in [0.15, 0.2) is 29.5 Å². The Morgan fingerprint density at radius 1 is 1.23 bits per heavy atom. The lowest BCUT2D eigenvalue weighted by Crippen LogP contribution is -2.45. The highest BCUT2D eigenvalue weighted by Crippen LogP contribution is 2.40. The Labute approximate surface area is 188 Å². The average Bonchev–Trinajstić information content (AvgIpc) is 3.01. The number of ketones is 1. The van der Waals surface area contributed by atoms with Crippen molar-refractivity contribution in [1.29, 1.82) is 0 Å². The molecule has 0 N–H and O–H groups in total. The van der Waals surface area contributed by atoms with E-state index in [0.717, 1.165) is 32.1 Å². The highest BCUT2D eigenvalue weighted by molar-refractivity contribution is 6.74. The van der Waals surface area contributed by atoms with Crippen LogP contribution in [-0.2, 0) is 9.22 Å². The van der Waals surface area contributed by atoms with E-state index in [0.29, 0.717) is 24.2 Å². The molecular weight excluding hydrogens is 384 g/mol. The first-order chi connectivity index (χ1) is 14.0. The predicted molar refractivity (Wildman–Crippen MR) is 133 cm³/mol. The minimum absolute atomic E-state index is 0.115. The van der Waals surface area contributed by atoms with Crippen LogP contribution in [0.2, 0.25) is 18.1 Å². The molecule has 0 aromatic heterocycles. The molecule has 1 aliphatic carbocycles. The highest BCUT2D eigenvalue weighted by Gasteiger charge is 2.40. The minimum Gasteiger partial charge on any atom is -0.414 e. The third kappa shape index (κ3) is 8.69. The van der Waals surface area contributed by atoms with Gasteiger partial charge in [0.2, 0.25) is 0 Å². The van der Waals surface area contributed by atoms with Crippen LogP contribution < -0.4 is 0 Å². The van der Waals surface area contributed by atoms with Crippen molar-refractivity contribution in [3.05, 3.63) is 29.5 Å². The Hall–Kier alpha value is -0.893. The molecule has 0 saturated carbocycles. The number of carbonyl (C=O) groups is 1. The van der Waals surface area contributed by atoms with Gasteiger partial charge >= 0.3 is 0 Å². The Balaban J connectivity index is 2.80. The molecule has 0 saturated heterocycles. The number of allylic oxidation sites excluding steroid dienone is 3. The van der Waals surface area contributed by atoms with Crippen molar-refractivity contribution in [2.75, 3.05) is 0 Å². The van der Waals surface area contributed by atoms with Gasteiger partial charge in [-0.15, -0.1) is 5.73 Å². The second-order valence-corrected chi connectivity index (χ2v) is 15.4. The van der Waals surface area contributed by atoms with Crippen LogP contribution in [0, 0.1) is 11.8 Å². The summed E-state index contributed by atoms with van der Waals surface area (Å²) in [4.78, 5) is 12.5. The molecule has 3 atom stereocenters. The van der Waals surface area contributed by atoms with Gasteiger partial charge in [-0.3, -0.25) is 4.79 Å². The molecule has 0 fully saturated rings. The number of hydrogen-bond donors (Lipinski definition) is 0. The van der Waals surface area contributed by atoms with E-state index in [1.54, 1.807) is 0 Å². The van der Waals surface area contributed by atoms with Gasteiger partial charge in [0.15, 0.2) is 8.32 Å². The maximum atomic E-state index is 12.5. The van der Waals surface area contributed by atoms with Crippen molar-refractivity contribution in [1.82, 2.24) is 0 Å². The van der Waals surface area contributed by atoms with E-state index in [-0.39, 0.29) is 11.0 Å². The summed E-state index contributed by atoms with van der Waals surface area (Å²) in [5.41, 5.74) is 4.58. The molecule has 0 heterocycles. The summed E-state index contributed by atoms with van der Waals surface area (Å²) in [5, 5.41) is 0.221. The normalized spacial score (nSPS) is 19.3. The second-order valence-electron chi connectivity index (χ2n) is 10.6. The fraction of sp³-hybridized carbons (Fsp3) is 0.778. The molecule has 0 aliphatic heterocycles. The van der Waals surface area contributed by atoms with Crippen LogP contribution >= 0.6 is 0 Å². The maximum Gasteiger partial charge on any atom is 0.192 e. The Morgan fingerprint density at radius 2 is 1.93 bits per heavy atom. The number of carbonyl (C=O) groups excluding carboxylic acids is 1. The first kappa shape index (κ1) is 27.1. The van der Waals surface area contributed by atoms with Gasteiger partial charge in [0.25, 0.3) is 0 Å². The van der Waals surface area contributed by atoms with E-state index in [1.165, 1.54) is 24.8 Å². The Bertz CT molecular complexity index is 617. The van der Waals surface area contributed by atoms with Gasteiger partial charge in [-0.25, -0.2) is 0 Å². The number of rotatable bonds is 13. The van der Waals surface area contributed by atoms with Crippen molar-refractivity contribution in [3.8, 4) is 0 Å². The molecule has 1 aliphatic rings. The van der Waals surface area contributed by atoms with Crippen LogP contribution in [0.3, 0.4) is 0 Å². The van der Waals surface area contributed by atoms with Crippen LogP contribution in [0.25, 0.3) is 0 Å². The molecule has 2 nitrogen and oxygen atoms in total. The van der Waals surface area contributed by atoms with E-state index < -0.39 is 8.32 Å². The van der Waals surface area contributed by atoms with Crippen LogP contribution in [0.5, 0.6) is 0 Å². The van der Waals surface area contributed by atoms with Crippen LogP contribution in [0.1, 0.15) is 99.3 Å². The maximum absolute atomic E-state index is 12.5. The number of Topliss-reactive ketones (excluding diaryl/α,β-unsaturated/α-hetero) is 1. The lowest BCUT2D eigenvalue weighted by atomic mass is 9.88. The summed E-state index contributed by atoms with van der Waals surface area (Å²) in [7, 11) is -1.81. The van der Waals surface area contributed by atoms with Crippen molar-refractivity contribution in [3.63, 3.8) is 0 Å².